The first-order valence-corrected chi connectivity index (χ1v) is 5.47. The van der Waals surface area contributed by atoms with Crippen LogP contribution >= 0.6 is 11.3 Å². The summed E-state index contributed by atoms with van der Waals surface area (Å²) in [7, 11) is 0. The van der Waals surface area contributed by atoms with Gasteiger partial charge in [0, 0.05) is 4.88 Å². The maximum Gasteiger partial charge on any atom is 0.153 e. The van der Waals surface area contributed by atoms with E-state index in [4.69, 9.17) is 4.74 Å². The van der Waals surface area contributed by atoms with Gasteiger partial charge in [-0.25, -0.2) is 0 Å². The fraction of sp³-hybridized carbons (Fsp3) is 0.0833. The van der Waals surface area contributed by atoms with Crippen molar-refractivity contribution in [1.29, 1.82) is 0 Å². The topological polar surface area (TPSA) is 26.3 Å². The highest BCUT2D eigenvalue weighted by Crippen LogP contribution is 2.18. The van der Waals surface area contributed by atoms with Crippen molar-refractivity contribution in [3.05, 3.63) is 52.2 Å². The van der Waals surface area contributed by atoms with Crippen molar-refractivity contribution in [3.63, 3.8) is 0 Å². The minimum absolute atomic E-state index is 0.516. The number of benzene rings is 1. The van der Waals surface area contributed by atoms with Crippen LogP contribution in [0.25, 0.3) is 0 Å². The van der Waals surface area contributed by atoms with Gasteiger partial charge in [-0.15, -0.1) is 11.3 Å². The molecule has 0 fully saturated rings. The van der Waals surface area contributed by atoms with Crippen LogP contribution < -0.4 is 4.74 Å². The summed E-state index contributed by atoms with van der Waals surface area (Å²) >= 11 is 1.64. The first-order chi connectivity index (χ1) is 7.40. The minimum atomic E-state index is 0.516. The normalized spacial score (nSPS) is 9.87. The van der Waals surface area contributed by atoms with E-state index in [9.17, 15) is 4.79 Å². The van der Waals surface area contributed by atoms with E-state index in [1.165, 1.54) is 0 Å². The lowest BCUT2D eigenvalue weighted by molar-refractivity contribution is 0.111. The number of rotatable bonds is 4. The molecular formula is C12H10O2S. The van der Waals surface area contributed by atoms with E-state index in [0.717, 1.165) is 11.2 Å². The molecule has 0 aliphatic rings. The van der Waals surface area contributed by atoms with Crippen molar-refractivity contribution in [1.82, 2.24) is 0 Å². The quantitative estimate of drug-likeness (QED) is 0.737. The maximum atomic E-state index is 10.7. The van der Waals surface area contributed by atoms with Crippen molar-refractivity contribution < 1.29 is 9.53 Å². The fourth-order valence-electron chi connectivity index (χ4n) is 1.25. The van der Waals surface area contributed by atoms with Gasteiger partial charge in [-0.2, -0.15) is 0 Å². The van der Waals surface area contributed by atoms with Crippen LogP contribution in [-0.4, -0.2) is 6.29 Å². The third kappa shape index (κ3) is 2.44. The first kappa shape index (κ1) is 9.93. The summed E-state index contributed by atoms with van der Waals surface area (Å²) in [5, 5.41) is 2.00. The van der Waals surface area contributed by atoms with E-state index in [-0.39, 0.29) is 0 Å². The molecule has 0 aliphatic carbocycles. The van der Waals surface area contributed by atoms with E-state index < -0.39 is 0 Å². The zero-order chi connectivity index (χ0) is 10.5. The van der Waals surface area contributed by atoms with Gasteiger partial charge in [0.15, 0.2) is 6.29 Å². The Morgan fingerprint density at radius 3 is 2.80 bits per heavy atom. The lowest BCUT2D eigenvalue weighted by Gasteiger charge is -2.06. The van der Waals surface area contributed by atoms with Gasteiger partial charge in [0.2, 0.25) is 0 Å². The molecule has 0 N–H and O–H groups in total. The van der Waals surface area contributed by atoms with Crippen LogP contribution in [0.5, 0.6) is 5.75 Å². The highest BCUT2D eigenvalue weighted by atomic mass is 32.1. The van der Waals surface area contributed by atoms with Crippen LogP contribution in [0.15, 0.2) is 41.8 Å². The van der Waals surface area contributed by atoms with Crippen LogP contribution in [0.3, 0.4) is 0 Å². The van der Waals surface area contributed by atoms with Gasteiger partial charge in [-0.1, -0.05) is 18.2 Å². The number of carbonyl (C=O) groups is 1. The van der Waals surface area contributed by atoms with Crippen LogP contribution in [0.1, 0.15) is 15.2 Å². The van der Waals surface area contributed by atoms with Gasteiger partial charge in [-0.05, 0) is 23.6 Å². The van der Waals surface area contributed by atoms with E-state index in [2.05, 4.69) is 0 Å². The van der Waals surface area contributed by atoms with Crippen molar-refractivity contribution in [2.45, 2.75) is 6.61 Å². The minimum Gasteiger partial charge on any atom is -0.487 e. The summed E-state index contributed by atoms with van der Waals surface area (Å²) in [4.78, 5) is 11.9. The molecule has 0 unspecified atom stereocenters. The molecule has 3 heteroatoms. The second-order valence-corrected chi connectivity index (χ2v) is 4.06. The number of para-hydroxylation sites is 1. The average molecular weight is 218 g/mol. The molecule has 0 saturated carbocycles. The van der Waals surface area contributed by atoms with Crippen LogP contribution in [0.2, 0.25) is 0 Å². The SMILES string of the molecule is O=Cc1ccccc1OCc1cccs1. The Balaban J connectivity index is 2.07. The van der Waals surface area contributed by atoms with Crippen molar-refractivity contribution >= 4 is 17.6 Å². The summed E-state index contributed by atoms with van der Waals surface area (Å²) < 4.78 is 5.55. The Morgan fingerprint density at radius 1 is 1.20 bits per heavy atom. The molecular weight excluding hydrogens is 208 g/mol. The van der Waals surface area contributed by atoms with Gasteiger partial charge in [0.1, 0.15) is 12.4 Å². The Labute approximate surface area is 92.1 Å². The van der Waals surface area contributed by atoms with Gasteiger partial charge in [0.05, 0.1) is 5.56 Å². The van der Waals surface area contributed by atoms with Crippen molar-refractivity contribution in [2.24, 2.45) is 0 Å². The highest BCUT2D eigenvalue weighted by molar-refractivity contribution is 7.09. The third-order valence-corrected chi connectivity index (χ3v) is 2.85. The molecule has 0 spiro atoms. The number of aldehydes is 1. The summed E-state index contributed by atoms with van der Waals surface area (Å²) in [6.45, 7) is 0.516. The molecule has 0 bridgehead atoms. The third-order valence-electron chi connectivity index (χ3n) is 2.00. The van der Waals surface area contributed by atoms with E-state index in [1.54, 1.807) is 23.5 Å². The number of hydrogen-bond acceptors (Lipinski definition) is 3. The zero-order valence-corrected chi connectivity index (χ0v) is 8.87. The van der Waals surface area contributed by atoms with Crippen molar-refractivity contribution in [3.8, 4) is 5.75 Å². The molecule has 76 valence electrons. The Kier molecular flexibility index (Phi) is 3.15. The van der Waals surface area contributed by atoms with E-state index in [1.807, 2.05) is 29.6 Å². The molecule has 0 aliphatic heterocycles. The molecule has 15 heavy (non-hydrogen) atoms. The highest BCUT2D eigenvalue weighted by Gasteiger charge is 2.01. The maximum absolute atomic E-state index is 10.7. The molecule has 1 aromatic carbocycles. The Hall–Kier alpha value is -1.61. The van der Waals surface area contributed by atoms with Gasteiger partial charge < -0.3 is 4.74 Å². The summed E-state index contributed by atoms with van der Waals surface area (Å²) in [6.07, 6.45) is 0.809. The molecule has 2 nitrogen and oxygen atoms in total. The second kappa shape index (κ2) is 4.75. The van der Waals surface area contributed by atoms with E-state index >= 15 is 0 Å². The van der Waals surface area contributed by atoms with E-state index in [0.29, 0.717) is 17.9 Å². The van der Waals surface area contributed by atoms with Gasteiger partial charge >= 0.3 is 0 Å². The molecule has 2 aromatic rings. The lowest BCUT2D eigenvalue weighted by Crippen LogP contribution is -1.95. The first-order valence-electron chi connectivity index (χ1n) is 4.59. The molecule has 0 radical (unpaired) electrons. The molecule has 0 amide bonds. The second-order valence-electron chi connectivity index (χ2n) is 3.02. The average Bonchev–Trinajstić information content (AvgIpc) is 2.79. The summed E-state index contributed by atoms with van der Waals surface area (Å²) in [5.41, 5.74) is 0.592. The zero-order valence-electron chi connectivity index (χ0n) is 8.05. The lowest BCUT2D eigenvalue weighted by atomic mass is 10.2. The number of hydrogen-bond donors (Lipinski definition) is 0. The predicted molar refractivity (Wildman–Crippen MR) is 60.5 cm³/mol. The van der Waals surface area contributed by atoms with Crippen LogP contribution in [0.4, 0.5) is 0 Å². The molecule has 0 saturated heterocycles. The van der Waals surface area contributed by atoms with Crippen LogP contribution in [0, 0.1) is 0 Å². The number of thiophene rings is 1. The standard InChI is InChI=1S/C12H10O2S/c13-8-10-4-1-2-6-12(10)14-9-11-5-3-7-15-11/h1-8H,9H2. The Morgan fingerprint density at radius 2 is 2.07 bits per heavy atom. The molecule has 1 aromatic heterocycles. The van der Waals surface area contributed by atoms with Crippen molar-refractivity contribution in [2.75, 3.05) is 0 Å². The predicted octanol–water partition coefficient (Wildman–Crippen LogP) is 3.14. The monoisotopic (exact) mass is 218 g/mol. The fourth-order valence-corrected chi connectivity index (χ4v) is 1.87. The largest absolute Gasteiger partial charge is 0.487 e. The molecule has 0 atom stereocenters. The van der Waals surface area contributed by atoms with Crippen LogP contribution in [-0.2, 0) is 6.61 Å². The van der Waals surface area contributed by atoms with Gasteiger partial charge in [-0.3, -0.25) is 4.79 Å². The summed E-state index contributed by atoms with van der Waals surface area (Å²) in [6, 6.07) is 11.2. The smallest absolute Gasteiger partial charge is 0.153 e. The Bertz CT molecular complexity index is 435. The number of carbonyl (C=O) groups excluding carboxylic acids is 1. The summed E-state index contributed by atoms with van der Waals surface area (Å²) in [5.74, 6) is 0.640. The number of ether oxygens (including phenoxy) is 1. The van der Waals surface area contributed by atoms with Gasteiger partial charge in [0.25, 0.3) is 0 Å². The molecule has 1 heterocycles. The molecule has 2 rings (SSSR count).